The molecule has 0 bridgehead atoms. The van der Waals surface area contributed by atoms with E-state index in [1.54, 1.807) is 19.2 Å². The number of methoxy groups -OCH3 is 2. The molecule has 1 aromatic rings. The van der Waals surface area contributed by atoms with E-state index in [4.69, 9.17) is 9.47 Å². The topological polar surface area (TPSA) is 54.9 Å². The molecule has 0 heterocycles. The van der Waals surface area contributed by atoms with Gasteiger partial charge in [-0.15, -0.1) is 0 Å². The van der Waals surface area contributed by atoms with Crippen molar-refractivity contribution < 1.29 is 13.9 Å². The van der Waals surface area contributed by atoms with Crippen molar-refractivity contribution in [1.29, 1.82) is 0 Å². The molecular weight excluding hydrogens is 273 g/mol. The largest absolute Gasteiger partial charge is 0.494 e. The van der Waals surface area contributed by atoms with Crippen LogP contribution >= 0.6 is 0 Å². The molecule has 0 radical (unpaired) electrons. The van der Waals surface area contributed by atoms with Crippen molar-refractivity contribution in [2.75, 3.05) is 27.4 Å². The van der Waals surface area contributed by atoms with Crippen LogP contribution in [0, 0.1) is 5.82 Å². The highest BCUT2D eigenvalue weighted by Gasteiger charge is 2.06. The zero-order valence-electron chi connectivity index (χ0n) is 13.1. The third kappa shape index (κ3) is 5.99. The monoisotopic (exact) mass is 297 g/mol. The van der Waals surface area contributed by atoms with Crippen LogP contribution in [0.25, 0.3) is 0 Å². The van der Waals surface area contributed by atoms with Crippen LogP contribution < -0.4 is 15.4 Å². The van der Waals surface area contributed by atoms with E-state index in [9.17, 15) is 4.39 Å². The molecule has 0 saturated heterocycles. The smallest absolute Gasteiger partial charge is 0.191 e. The molecule has 118 valence electrons. The van der Waals surface area contributed by atoms with Crippen LogP contribution in [0.4, 0.5) is 4.39 Å². The summed E-state index contributed by atoms with van der Waals surface area (Å²) >= 11 is 0. The second-order valence-electron chi connectivity index (χ2n) is 4.66. The van der Waals surface area contributed by atoms with E-state index in [2.05, 4.69) is 15.6 Å². The summed E-state index contributed by atoms with van der Waals surface area (Å²) < 4.78 is 23.6. The van der Waals surface area contributed by atoms with E-state index in [1.165, 1.54) is 13.2 Å². The van der Waals surface area contributed by atoms with Gasteiger partial charge in [0.25, 0.3) is 0 Å². The number of hydrogen-bond acceptors (Lipinski definition) is 3. The van der Waals surface area contributed by atoms with Gasteiger partial charge in [0.05, 0.1) is 20.3 Å². The average Bonchev–Trinajstić information content (AvgIpc) is 2.45. The van der Waals surface area contributed by atoms with E-state index in [0.717, 1.165) is 12.1 Å². The molecule has 0 aromatic heterocycles. The van der Waals surface area contributed by atoms with E-state index in [-0.39, 0.29) is 17.6 Å². The molecule has 0 saturated carbocycles. The Hall–Kier alpha value is -1.82. The highest BCUT2D eigenvalue weighted by molar-refractivity contribution is 5.80. The van der Waals surface area contributed by atoms with Crippen LogP contribution in [0.3, 0.4) is 0 Å². The first kappa shape index (κ1) is 17.2. The van der Waals surface area contributed by atoms with Crippen LogP contribution in [-0.2, 0) is 11.3 Å². The normalized spacial score (nSPS) is 12.9. The number of benzene rings is 1. The Bertz CT molecular complexity index is 466. The number of guanidine groups is 1. The number of ether oxygens (including phenoxy) is 2. The van der Waals surface area contributed by atoms with Gasteiger partial charge in [0.15, 0.2) is 17.5 Å². The van der Waals surface area contributed by atoms with Gasteiger partial charge in [0.1, 0.15) is 0 Å². The van der Waals surface area contributed by atoms with Gasteiger partial charge in [-0.25, -0.2) is 9.38 Å². The van der Waals surface area contributed by atoms with Gasteiger partial charge in [0, 0.05) is 19.7 Å². The minimum absolute atomic E-state index is 0.139. The van der Waals surface area contributed by atoms with Gasteiger partial charge >= 0.3 is 0 Å². The van der Waals surface area contributed by atoms with Crippen LogP contribution in [0.15, 0.2) is 23.2 Å². The molecule has 0 aliphatic heterocycles. The molecule has 2 N–H and O–H groups in total. The van der Waals surface area contributed by atoms with Crippen molar-refractivity contribution in [3.8, 4) is 5.75 Å². The fourth-order valence-corrected chi connectivity index (χ4v) is 1.82. The summed E-state index contributed by atoms with van der Waals surface area (Å²) in [4.78, 5) is 4.43. The minimum atomic E-state index is -0.379. The van der Waals surface area contributed by atoms with Gasteiger partial charge in [0.2, 0.25) is 0 Å². The standard InChI is InChI=1S/C15H24FN3O2/c1-5-17-15(19-11(2)10-20-3)18-9-12-6-7-14(21-4)13(16)8-12/h6-8,11H,5,9-10H2,1-4H3,(H2,17,18,19). The Labute approximate surface area is 125 Å². The maximum atomic E-state index is 13.6. The van der Waals surface area contributed by atoms with E-state index in [0.29, 0.717) is 19.1 Å². The Morgan fingerprint density at radius 2 is 2.14 bits per heavy atom. The summed E-state index contributed by atoms with van der Waals surface area (Å²) in [5.41, 5.74) is 0.782. The number of halogens is 1. The lowest BCUT2D eigenvalue weighted by Gasteiger charge is -2.17. The van der Waals surface area contributed by atoms with Crippen molar-refractivity contribution in [2.24, 2.45) is 4.99 Å². The number of nitrogens with one attached hydrogen (secondary N) is 2. The Morgan fingerprint density at radius 3 is 2.71 bits per heavy atom. The Balaban J connectivity index is 2.70. The molecule has 1 aromatic carbocycles. The predicted molar refractivity (Wildman–Crippen MR) is 82.2 cm³/mol. The van der Waals surface area contributed by atoms with E-state index < -0.39 is 0 Å². The second-order valence-corrected chi connectivity index (χ2v) is 4.66. The molecule has 0 aliphatic carbocycles. The molecule has 1 rings (SSSR count). The molecule has 0 fully saturated rings. The molecule has 0 amide bonds. The molecular formula is C15H24FN3O2. The molecule has 21 heavy (non-hydrogen) atoms. The van der Waals surface area contributed by atoms with Crippen LogP contribution in [0.2, 0.25) is 0 Å². The summed E-state index contributed by atoms with van der Waals surface area (Å²) in [5.74, 6) is 0.538. The second kappa shape index (κ2) is 9.18. The zero-order chi connectivity index (χ0) is 15.7. The predicted octanol–water partition coefficient (Wildman–Crippen LogP) is 1.92. The van der Waals surface area contributed by atoms with E-state index >= 15 is 0 Å². The molecule has 0 spiro atoms. The summed E-state index contributed by atoms with van der Waals surface area (Å²) in [6.07, 6.45) is 0. The summed E-state index contributed by atoms with van der Waals surface area (Å²) in [7, 11) is 3.10. The lowest BCUT2D eigenvalue weighted by Crippen LogP contribution is -2.43. The number of aliphatic imine (C=N–C) groups is 1. The minimum Gasteiger partial charge on any atom is -0.494 e. The first-order valence-electron chi connectivity index (χ1n) is 6.96. The maximum Gasteiger partial charge on any atom is 0.191 e. The van der Waals surface area contributed by atoms with Crippen molar-refractivity contribution in [1.82, 2.24) is 10.6 Å². The highest BCUT2D eigenvalue weighted by atomic mass is 19.1. The fraction of sp³-hybridized carbons (Fsp3) is 0.533. The molecule has 1 unspecified atom stereocenters. The van der Waals surface area contributed by atoms with Gasteiger partial charge in [-0.05, 0) is 31.5 Å². The summed E-state index contributed by atoms with van der Waals surface area (Å²) in [6.45, 7) is 5.72. The molecule has 1 atom stereocenters. The quantitative estimate of drug-likeness (QED) is 0.596. The van der Waals surface area contributed by atoms with Crippen molar-refractivity contribution in [3.05, 3.63) is 29.6 Å². The van der Waals surface area contributed by atoms with Crippen LogP contribution in [0.1, 0.15) is 19.4 Å². The molecule has 0 aliphatic rings. The number of rotatable bonds is 7. The molecule has 6 heteroatoms. The fourth-order valence-electron chi connectivity index (χ4n) is 1.82. The SMILES string of the molecule is CCNC(=NCc1ccc(OC)c(F)c1)NC(C)COC. The number of nitrogens with zero attached hydrogens (tertiary/aromatic N) is 1. The van der Waals surface area contributed by atoms with Crippen molar-refractivity contribution in [2.45, 2.75) is 26.4 Å². The lowest BCUT2D eigenvalue weighted by molar-refractivity contribution is 0.179. The van der Waals surface area contributed by atoms with Crippen molar-refractivity contribution >= 4 is 5.96 Å². The first-order valence-corrected chi connectivity index (χ1v) is 6.96. The third-order valence-electron chi connectivity index (χ3n) is 2.78. The molecule has 5 nitrogen and oxygen atoms in total. The lowest BCUT2D eigenvalue weighted by atomic mass is 10.2. The first-order chi connectivity index (χ1) is 10.1. The average molecular weight is 297 g/mol. The zero-order valence-corrected chi connectivity index (χ0v) is 13.1. The third-order valence-corrected chi connectivity index (χ3v) is 2.78. The number of hydrogen-bond donors (Lipinski definition) is 2. The van der Waals surface area contributed by atoms with Crippen molar-refractivity contribution in [3.63, 3.8) is 0 Å². The van der Waals surface area contributed by atoms with Gasteiger partial charge < -0.3 is 20.1 Å². The van der Waals surface area contributed by atoms with Gasteiger partial charge in [-0.2, -0.15) is 0 Å². The Morgan fingerprint density at radius 1 is 1.38 bits per heavy atom. The van der Waals surface area contributed by atoms with Crippen LogP contribution in [-0.4, -0.2) is 39.4 Å². The van der Waals surface area contributed by atoms with Crippen LogP contribution in [0.5, 0.6) is 5.75 Å². The summed E-state index contributed by atoms with van der Waals surface area (Å²) in [6, 6.07) is 4.98. The van der Waals surface area contributed by atoms with Gasteiger partial charge in [-0.3, -0.25) is 0 Å². The summed E-state index contributed by atoms with van der Waals surface area (Å²) in [5, 5.41) is 6.37. The maximum absolute atomic E-state index is 13.6. The highest BCUT2D eigenvalue weighted by Crippen LogP contribution is 2.17. The Kier molecular flexibility index (Phi) is 7.53. The van der Waals surface area contributed by atoms with E-state index in [1.807, 2.05) is 13.8 Å². The van der Waals surface area contributed by atoms with Gasteiger partial charge in [-0.1, -0.05) is 6.07 Å².